The molecule has 2 aliphatic rings. The number of ether oxygens (including phenoxy) is 1. The number of hydrogen-bond acceptors (Lipinski definition) is 8. The minimum absolute atomic E-state index is 0.309. The zero-order valence-electron chi connectivity index (χ0n) is 10.0. The third kappa shape index (κ3) is 2.21. The lowest BCUT2D eigenvalue weighted by Crippen LogP contribution is -2.54. The number of hydrogen-bond donors (Lipinski definition) is 4. The molecule has 0 aromatic carbocycles. The number of methoxy groups -OCH3 is 1. The van der Waals surface area contributed by atoms with Crippen molar-refractivity contribution in [1.29, 1.82) is 0 Å². The zero-order valence-corrected chi connectivity index (χ0v) is 10.9. The lowest BCUT2D eigenvalue weighted by molar-refractivity contribution is -0.157. The van der Waals surface area contributed by atoms with E-state index >= 15 is 0 Å². The lowest BCUT2D eigenvalue weighted by Gasteiger charge is -2.30. The van der Waals surface area contributed by atoms with Gasteiger partial charge in [-0.15, -0.1) is 11.8 Å². The number of aliphatic hydroxyl groups is 3. The van der Waals surface area contributed by atoms with Crippen LogP contribution in [0.4, 0.5) is 0 Å². The van der Waals surface area contributed by atoms with E-state index in [1.165, 1.54) is 23.8 Å². The number of carboxylic acid groups (broad SMARTS) is 1. The van der Waals surface area contributed by atoms with Crippen LogP contribution < -0.4 is 0 Å². The maximum Gasteiger partial charge on any atom is 0.334 e. The highest BCUT2D eigenvalue weighted by Gasteiger charge is 2.59. The molecule has 0 spiro atoms. The quantitative estimate of drug-likeness (QED) is 0.416. The summed E-state index contributed by atoms with van der Waals surface area (Å²) in [6, 6.07) is -2.03. The molecule has 0 radical (unpaired) electrons. The van der Waals surface area contributed by atoms with Crippen LogP contribution in [-0.2, 0) is 14.3 Å². The number of thioether (sulfide) groups is 1. The largest absolute Gasteiger partial charge is 0.479 e. The predicted octanol–water partition coefficient (Wildman–Crippen LogP) is -2.55. The van der Waals surface area contributed by atoms with E-state index in [1.807, 2.05) is 0 Å². The summed E-state index contributed by atoms with van der Waals surface area (Å²) in [5, 5.41) is 37.6. The number of carbonyl (C=O) groups excluding carboxylic acids is 1. The van der Waals surface area contributed by atoms with E-state index in [4.69, 9.17) is 5.11 Å². The number of aliphatic hydroxyl groups excluding tert-OH is 3. The molecule has 0 aliphatic carbocycles. The highest BCUT2D eigenvalue weighted by molar-refractivity contribution is 8.00. The van der Waals surface area contributed by atoms with Crippen molar-refractivity contribution < 1.29 is 34.8 Å². The van der Waals surface area contributed by atoms with Crippen LogP contribution in [0.15, 0.2) is 0 Å². The minimum atomic E-state index is -1.89. The maximum atomic E-state index is 11.6. The first-order chi connectivity index (χ1) is 8.90. The normalized spacial score (nSPS) is 39.9. The molecular formula is C10H15NO7S. The topological polar surface area (TPSA) is 128 Å². The number of esters is 1. The van der Waals surface area contributed by atoms with Crippen molar-refractivity contribution in [3.8, 4) is 0 Å². The van der Waals surface area contributed by atoms with E-state index < -0.39 is 47.7 Å². The van der Waals surface area contributed by atoms with Gasteiger partial charge in [0.25, 0.3) is 0 Å². The second-order valence-electron chi connectivity index (χ2n) is 4.46. The van der Waals surface area contributed by atoms with Crippen molar-refractivity contribution in [3.63, 3.8) is 0 Å². The number of carbonyl (C=O) groups is 2. The fraction of sp³-hybridized carbons (Fsp3) is 0.800. The predicted molar refractivity (Wildman–Crippen MR) is 63.3 cm³/mol. The van der Waals surface area contributed by atoms with Gasteiger partial charge in [0.1, 0.15) is 18.2 Å². The third-order valence-corrected chi connectivity index (χ3v) is 4.84. The van der Waals surface area contributed by atoms with Gasteiger partial charge in [0.15, 0.2) is 6.10 Å². The van der Waals surface area contributed by atoms with Gasteiger partial charge in [-0.2, -0.15) is 0 Å². The molecule has 0 amide bonds. The average Bonchev–Trinajstić information content (AvgIpc) is 2.89. The first-order valence-electron chi connectivity index (χ1n) is 5.64. The van der Waals surface area contributed by atoms with Crippen LogP contribution in [0, 0.1) is 0 Å². The molecule has 6 atom stereocenters. The molecule has 108 valence electrons. The number of carboxylic acids is 1. The highest BCUT2D eigenvalue weighted by Crippen LogP contribution is 2.42. The maximum absolute atomic E-state index is 11.6. The summed E-state index contributed by atoms with van der Waals surface area (Å²) in [6.45, 7) is 0. The molecule has 2 fully saturated rings. The van der Waals surface area contributed by atoms with Gasteiger partial charge in [-0.1, -0.05) is 0 Å². The Bertz CT molecular complexity index is 392. The summed E-state index contributed by atoms with van der Waals surface area (Å²) in [6.07, 6.45) is -4.55. The van der Waals surface area contributed by atoms with Crippen molar-refractivity contribution in [2.75, 3.05) is 12.9 Å². The molecule has 8 nitrogen and oxygen atoms in total. The Hall–Kier alpha value is -0.870. The Balaban J connectivity index is 2.30. The lowest BCUT2D eigenvalue weighted by atomic mass is 10.0. The molecule has 2 heterocycles. The van der Waals surface area contributed by atoms with Gasteiger partial charge < -0.3 is 25.2 Å². The van der Waals surface area contributed by atoms with Gasteiger partial charge in [0.05, 0.1) is 18.5 Å². The van der Waals surface area contributed by atoms with Crippen molar-refractivity contribution in [3.05, 3.63) is 0 Å². The molecule has 2 saturated heterocycles. The second kappa shape index (κ2) is 5.25. The third-order valence-electron chi connectivity index (χ3n) is 3.46. The van der Waals surface area contributed by atoms with Crippen LogP contribution in [0.25, 0.3) is 0 Å². The summed E-state index contributed by atoms with van der Waals surface area (Å²) < 4.78 is 4.62. The first-order valence-corrected chi connectivity index (χ1v) is 6.69. The van der Waals surface area contributed by atoms with Crippen LogP contribution in [0.3, 0.4) is 0 Å². The molecule has 0 saturated carbocycles. The highest BCUT2D eigenvalue weighted by atomic mass is 32.2. The Kier molecular flexibility index (Phi) is 4.02. The van der Waals surface area contributed by atoms with Crippen molar-refractivity contribution in [1.82, 2.24) is 4.90 Å². The number of aliphatic carboxylic acids is 1. The van der Waals surface area contributed by atoms with Gasteiger partial charge in [0.2, 0.25) is 0 Å². The second-order valence-corrected chi connectivity index (χ2v) is 5.61. The van der Waals surface area contributed by atoms with Gasteiger partial charge in [0, 0.05) is 5.75 Å². The van der Waals surface area contributed by atoms with Gasteiger partial charge in [-0.3, -0.25) is 9.69 Å². The van der Waals surface area contributed by atoms with Gasteiger partial charge in [-0.05, 0) is 0 Å². The standard InChI is InChI=1S/C10H15NO7S/c1-18-10(17)3-2-19-8-7(14)5(12)4(11(3)8)6(13)9(15)16/h3-8,12-14H,2H2,1H3,(H,15,16)/t3-,4+,5-,6+,7+,8-/m0/s1. The van der Waals surface area contributed by atoms with Crippen LogP contribution >= 0.6 is 11.8 Å². The first kappa shape index (κ1) is 14.5. The molecule has 0 bridgehead atoms. The molecule has 19 heavy (non-hydrogen) atoms. The molecule has 4 N–H and O–H groups in total. The molecule has 2 rings (SSSR count). The van der Waals surface area contributed by atoms with E-state index in [1.54, 1.807) is 0 Å². The van der Waals surface area contributed by atoms with Crippen molar-refractivity contribution >= 4 is 23.7 Å². The van der Waals surface area contributed by atoms with Crippen LogP contribution in [-0.4, -0.2) is 85.9 Å². The van der Waals surface area contributed by atoms with Crippen LogP contribution in [0.2, 0.25) is 0 Å². The zero-order chi connectivity index (χ0) is 14.3. The number of fused-ring (bicyclic) bond motifs is 1. The Morgan fingerprint density at radius 1 is 1.37 bits per heavy atom. The summed E-state index contributed by atoms with van der Waals surface area (Å²) in [5.74, 6) is -1.79. The molecular weight excluding hydrogens is 278 g/mol. The minimum Gasteiger partial charge on any atom is -0.479 e. The molecule has 0 aromatic heterocycles. The van der Waals surface area contributed by atoms with E-state index in [0.29, 0.717) is 5.75 Å². The summed E-state index contributed by atoms with van der Waals surface area (Å²) >= 11 is 1.22. The summed E-state index contributed by atoms with van der Waals surface area (Å²) in [7, 11) is 1.20. The Morgan fingerprint density at radius 2 is 2.00 bits per heavy atom. The van der Waals surface area contributed by atoms with E-state index in [2.05, 4.69) is 4.74 Å². The molecule has 0 aromatic rings. The van der Waals surface area contributed by atoms with Crippen molar-refractivity contribution in [2.24, 2.45) is 0 Å². The van der Waals surface area contributed by atoms with Gasteiger partial charge >= 0.3 is 11.9 Å². The summed E-state index contributed by atoms with van der Waals surface area (Å²) in [4.78, 5) is 23.9. The van der Waals surface area contributed by atoms with E-state index in [9.17, 15) is 24.9 Å². The number of nitrogens with zero attached hydrogens (tertiary/aromatic N) is 1. The van der Waals surface area contributed by atoms with Gasteiger partial charge in [-0.25, -0.2) is 4.79 Å². The van der Waals surface area contributed by atoms with Crippen LogP contribution in [0.1, 0.15) is 0 Å². The summed E-state index contributed by atoms with van der Waals surface area (Å²) in [5.41, 5.74) is 0. The van der Waals surface area contributed by atoms with Crippen LogP contribution in [0.5, 0.6) is 0 Å². The molecule has 9 heteroatoms. The monoisotopic (exact) mass is 293 g/mol. The Morgan fingerprint density at radius 3 is 2.53 bits per heavy atom. The smallest absolute Gasteiger partial charge is 0.334 e. The van der Waals surface area contributed by atoms with Crippen molar-refractivity contribution in [2.45, 2.75) is 35.8 Å². The van der Waals surface area contributed by atoms with E-state index in [-0.39, 0.29) is 0 Å². The fourth-order valence-corrected chi connectivity index (χ4v) is 4.07. The SMILES string of the molecule is COC(=O)[C@@H]1CS[C@H]2[C@H](O)[C@@H](O)[C@H]([C@@H](O)C(=O)O)N12. The molecule has 0 unspecified atom stereocenters. The number of rotatable bonds is 3. The Labute approximate surface area is 113 Å². The average molecular weight is 293 g/mol. The fourth-order valence-electron chi connectivity index (χ4n) is 2.56. The van der Waals surface area contributed by atoms with E-state index in [0.717, 1.165) is 0 Å². The molecule has 2 aliphatic heterocycles.